The van der Waals surface area contributed by atoms with Crippen LogP contribution in [-0.2, 0) is 0 Å². The molecule has 1 aliphatic rings. The lowest BCUT2D eigenvalue weighted by atomic mass is 10.1. The summed E-state index contributed by atoms with van der Waals surface area (Å²) in [5.74, 6) is -0.397. The molecule has 1 saturated heterocycles. The van der Waals surface area contributed by atoms with Crippen molar-refractivity contribution < 1.29 is 9.50 Å². The average molecular weight is 282 g/mol. The molecular formula is C14H19FN2OS. The topological polar surface area (TPSA) is 49.5 Å². The number of anilines is 1. The van der Waals surface area contributed by atoms with Crippen LogP contribution in [0.25, 0.3) is 0 Å². The molecule has 19 heavy (non-hydrogen) atoms. The van der Waals surface area contributed by atoms with Crippen molar-refractivity contribution in [2.75, 3.05) is 18.1 Å². The fourth-order valence-corrected chi connectivity index (χ4v) is 2.76. The molecule has 0 amide bonds. The van der Waals surface area contributed by atoms with Crippen LogP contribution in [0, 0.1) is 5.82 Å². The number of aliphatic hydroxyl groups is 1. The summed E-state index contributed by atoms with van der Waals surface area (Å²) < 4.78 is 13.9. The maximum Gasteiger partial charge on any atom is 0.135 e. The lowest BCUT2D eigenvalue weighted by Gasteiger charge is -2.31. The molecule has 0 radical (unpaired) electrons. The Kier molecular flexibility index (Phi) is 4.71. The molecule has 3 N–H and O–H groups in total. The summed E-state index contributed by atoms with van der Waals surface area (Å²) in [6, 6.07) is 4.97. The van der Waals surface area contributed by atoms with E-state index in [9.17, 15) is 9.50 Å². The summed E-state index contributed by atoms with van der Waals surface area (Å²) in [5.41, 5.74) is 6.52. The van der Waals surface area contributed by atoms with Gasteiger partial charge in [-0.3, -0.25) is 0 Å². The van der Waals surface area contributed by atoms with Crippen molar-refractivity contribution in [2.24, 2.45) is 5.73 Å². The first kappa shape index (κ1) is 14.2. The number of hydrogen-bond donors (Lipinski definition) is 2. The second kappa shape index (κ2) is 6.30. The van der Waals surface area contributed by atoms with E-state index < -0.39 is 5.82 Å². The molecule has 1 aliphatic heterocycles. The Morgan fingerprint density at radius 2 is 2.21 bits per heavy atom. The van der Waals surface area contributed by atoms with E-state index >= 15 is 0 Å². The molecule has 0 aliphatic carbocycles. The first-order valence-electron chi connectivity index (χ1n) is 6.60. The predicted octanol–water partition coefficient (Wildman–Crippen LogP) is 2.20. The van der Waals surface area contributed by atoms with E-state index in [1.165, 1.54) is 6.07 Å². The molecule has 1 aromatic rings. The van der Waals surface area contributed by atoms with Gasteiger partial charge in [-0.1, -0.05) is 25.1 Å². The third-order valence-electron chi connectivity index (χ3n) is 3.64. The van der Waals surface area contributed by atoms with Crippen LogP contribution in [0.2, 0.25) is 0 Å². The third kappa shape index (κ3) is 3.22. The van der Waals surface area contributed by atoms with Crippen molar-refractivity contribution in [1.82, 2.24) is 0 Å². The van der Waals surface area contributed by atoms with Gasteiger partial charge in [0.25, 0.3) is 0 Å². The number of aliphatic hydroxyl groups excluding tert-OH is 1. The van der Waals surface area contributed by atoms with Gasteiger partial charge in [0, 0.05) is 17.8 Å². The molecule has 0 saturated carbocycles. The largest absolute Gasteiger partial charge is 0.394 e. The zero-order valence-electron chi connectivity index (χ0n) is 10.8. The quantitative estimate of drug-likeness (QED) is 0.835. The Morgan fingerprint density at radius 3 is 2.84 bits per heavy atom. The van der Waals surface area contributed by atoms with Crippen LogP contribution >= 0.6 is 12.2 Å². The lowest BCUT2D eigenvalue weighted by molar-refractivity contribution is 0.255. The second-order valence-electron chi connectivity index (χ2n) is 4.91. The van der Waals surface area contributed by atoms with Gasteiger partial charge in [0.05, 0.1) is 12.6 Å². The minimum absolute atomic E-state index is 0.0672. The van der Waals surface area contributed by atoms with Gasteiger partial charge in [-0.25, -0.2) is 4.39 Å². The molecule has 1 unspecified atom stereocenters. The van der Waals surface area contributed by atoms with E-state index in [4.69, 9.17) is 18.0 Å². The van der Waals surface area contributed by atoms with Crippen LogP contribution in [0.5, 0.6) is 0 Å². The summed E-state index contributed by atoms with van der Waals surface area (Å²) in [5, 5.41) is 9.48. The second-order valence-corrected chi connectivity index (χ2v) is 5.35. The molecule has 3 nitrogen and oxygen atoms in total. The van der Waals surface area contributed by atoms with Crippen LogP contribution in [0.15, 0.2) is 18.2 Å². The van der Waals surface area contributed by atoms with Crippen molar-refractivity contribution in [1.29, 1.82) is 0 Å². The van der Waals surface area contributed by atoms with Crippen LogP contribution in [0.4, 0.5) is 10.1 Å². The zero-order chi connectivity index (χ0) is 13.8. The number of thiocarbonyl (C=S) groups is 1. The molecule has 0 bridgehead atoms. The molecule has 2 rings (SSSR count). The van der Waals surface area contributed by atoms with Crippen molar-refractivity contribution in [3.05, 3.63) is 29.6 Å². The highest BCUT2D eigenvalue weighted by Gasteiger charge is 2.21. The smallest absolute Gasteiger partial charge is 0.135 e. The first-order valence-corrected chi connectivity index (χ1v) is 7.01. The zero-order valence-corrected chi connectivity index (χ0v) is 11.6. The number of benzene rings is 1. The SMILES string of the molecule is NC(=S)c1ccc(N2CCCCCC2CO)cc1F. The van der Waals surface area contributed by atoms with Crippen LogP contribution < -0.4 is 10.6 Å². The van der Waals surface area contributed by atoms with E-state index in [1.807, 2.05) is 6.07 Å². The third-order valence-corrected chi connectivity index (χ3v) is 3.86. The summed E-state index contributed by atoms with van der Waals surface area (Å²) >= 11 is 4.80. The summed E-state index contributed by atoms with van der Waals surface area (Å²) in [6.07, 6.45) is 4.26. The standard InChI is InChI=1S/C14H19FN2OS/c15-13-8-10(5-6-12(13)14(16)19)17-7-3-1-2-4-11(17)9-18/h5-6,8,11,18H,1-4,7,9H2,(H2,16,19). The highest BCUT2D eigenvalue weighted by Crippen LogP contribution is 2.25. The maximum absolute atomic E-state index is 13.9. The van der Waals surface area contributed by atoms with Gasteiger partial charge < -0.3 is 15.7 Å². The number of nitrogens with two attached hydrogens (primary N) is 1. The van der Waals surface area contributed by atoms with Gasteiger partial charge in [0.1, 0.15) is 10.8 Å². The monoisotopic (exact) mass is 282 g/mol. The molecule has 1 aromatic carbocycles. The Bertz CT molecular complexity index is 467. The van der Waals surface area contributed by atoms with Crippen molar-refractivity contribution in [2.45, 2.75) is 31.7 Å². The lowest BCUT2D eigenvalue weighted by Crippen LogP contribution is -2.37. The summed E-state index contributed by atoms with van der Waals surface area (Å²) in [6.45, 7) is 0.940. The molecule has 0 aromatic heterocycles. The number of halogens is 1. The first-order chi connectivity index (χ1) is 9.13. The Labute approximate surface area is 118 Å². The Hall–Kier alpha value is -1.20. The fourth-order valence-electron chi connectivity index (χ4n) is 2.59. The van der Waals surface area contributed by atoms with Crippen molar-refractivity contribution >= 4 is 22.9 Å². The normalized spacial score (nSPS) is 20.1. The van der Waals surface area contributed by atoms with E-state index in [1.54, 1.807) is 6.07 Å². The molecule has 104 valence electrons. The van der Waals surface area contributed by atoms with Gasteiger partial charge in [0.2, 0.25) is 0 Å². The van der Waals surface area contributed by atoms with Gasteiger partial charge >= 0.3 is 0 Å². The molecule has 1 heterocycles. The summed E-state index contributed by atoms with van der Waals surface area (Å²) in [4.78, 5) is 2.15. The molecule has 1 atom stereocenters. The molecule has 0 spiro atoms. The van der Waals surface area contributed by atoms with E-state index in [0.29, 0.717) is 0 Å². The molecular weight excluding hydrogens is 263 g/mol. The van der Waals surface area contributed by atoms with Gasteiger partial charge in [0.15, 0.2) is 0 Å². The molecule has 5 heteroatoms. The van der Waals surface area contributed by atoms with Crippen LogP contribution in [-0.4, -0.2) is 29.3 Å². The average Bonchev–Trinajstić information content (AvgIpc) is 2.63. The number of hydrogen-bond acceptors (Lipinski definition) is 3. The van der Waals surface area contributed by atoms with Crippen LogP contribution in [0.1, 0.15) is 31.2 Å². The summed E-state index contributed by atoms with van der Waals surface area (Å²) in [7, 11) is 0. The minimum atomic E-state index is -0.397. The van der Waals surface area contributed by atoms with Crippen molar-refractivity contribution in [3.63, 3.8) is 0 Å². The van der Waals surface area contributed by atoms with E-state index in [0.717, 1.165) is 37.9 Å². The maximum atomic E-state index is 13.9. The predicted molar refractivity (Wildman–Crippen MR) is 79.0 cm³/mol. The number of nitrogens with zero attached hydrogens (tertiary/aromatic N) is 1. The van der Waals surface area contributed by atoms with E-state index in [-0.39, 0.29) is 23.2 Å². The highest BCUT2D eigenvalue weighted by atomic mass is 32.1. The highest BCUT2D eigenvalue weighted by molar-refractivity contribution is 7.80. The van der Waals surface area contributed by atoms with E-state index in [2.05, 4.69) is 4.90 Å². The minimum Gasteiger partial charge on any atom is -0.394 e. The van der Waals surface area contributed by atoms with Gasteiger partial charge in [-0.05, 0) is 31.0 Å². The van der Waals surface area contributed by atoms with Crippen molar-refractivity contribution in [3.8, 4) is 0 Å². The molecule has 1 fully saturated rings. The Balaban J connectivity index is 2.28. The van der Waals surface area contributed by atoms with Crippen LogP contribution in [0.3, 0.4) is 0 Å². The van der Waals surface area contributed by atoms with Gasteiger partial charge in [-0.15, -0.1) is 0 Å². The Morgan fingerprint density at radius 1 is 1.42 bits per heavy atom. The van der Waals surface area contributed by atoms with Gasteiger partial charge in [-0.2, -0.15) is 0 Å². The number of rotatable bonds is 3. The fraction of sp³-hybridized carbons (Fsp3) is 0.500.